The van der Waals surface area contributed by atoms with Crippen molar-refractivity contribution in [1.82, 2.24) is 14.7 Å². The molecule has 2 N–H and O–H groups in total. The predicted molar refractivity (Wildman–Crippen MR) is 93.4 cm³/mol. The van der Waals surface area contributed by atoms with Crippen molar-refractivity contribution >= 4 is 5.91 Å². The van der Waals surface area contributed by atoms with E-state index in [1.165, 1.54) is 4.90 Å². The SMILES string of the molecule is Cc1ccccc1-n1ncc(C(=O)N2CC3CCC(N)C3C2)c1C(F)(F)F. The van der Waals surface area contributed by atoms with Gasteiger partial charge in [-0.25, -0.2) is 4.68 Å². The number of fused-ring (bicyclic) bond motifs is 1. The molecule has 8 heteroatoms. The lowest BCUT2D eigenvalue weighted by atomic mass is 9.98. The lowest BCUT2D eigenvalue weighted by Gasteiger charge is -2.20. The van der Waals surface area contributed by atoms with Gasteiger partial charge in [-0.15, -0.1) is 0 Å². The van der Waals surface area contributed by atoms with E-state index >= 15 is 0 Å². The Hall–Kier alpha value is -2.35. The number of benzene rings is 1. The highest BCUT2D eigenvalue weighted by Crippen LogP contribution is 2.39. The zero-order chi connectivity index (χ0) is 19.3. The van der Waals surface area contributed by atoms with Crippen LogP contribution >= 0.6 is 0 Å². The summed E-state index contributed by atoms with van der Waals surface area (Å²) in [6, 6.07) is 6.68. The first-order valence-corrected chi connectivity index (χ1v) is 9.03. The van der Waals surface area contributed by atoms with Crippen LogP contribution in [-0.2, 0) is 6.18 Å². The van der Waals surface area contributed by atoms with Crippen molar-refractivity contribution in [1.29, 1.82) is 0 Å². The number of likely N-dealkylation sites (tertiary alicyclic amines) is 1. The number of halogens is 3. The summed E-state index contributed by atoms with van der Waals surface area (Å²) in [5.41, 5.74) is 5.61. The molecule has 2 heterocycles. The molecular formula is C19H21F3N4O. The fourth-order valence-electron chi connectivity index (χ4n) is 4.41. The standard InChI is InChI=1S/C19H21F3N4O/c1-11-4-2-3-5-16(11)26-17(19(20,21)22)13(8-24-26)18(27)25-9-12-6-7-15(23)14(12)10-25/h2-5,8,12,14-15H,6-7,9-10,23H2,1H3. The number of carbonyl (C=O) groups excluding carboxylic acids is 1. The summed E-state index contributed by atoms with van der Waals surface area (Å²) in [5.74, 6) is -0.164. The van der Waals surface area contributed by atoms with E-state index in [2.05, 4.69) is 5.10 Å². The molecule has 2 aromatic rings. The predicted octanol–water partition coefficient (Wildman–Crippen LogP) is 3.01. The summed E-state index contributed by atoms with van der Waals surface area (Å²) in [4.78, 5) is 14.4. The molecule has 3 atom stereocenters. The fourth-order valence-corrected chi connectivity index (χ4v) is 4.41. The van der Waals surface area contributed by atoms with Crippen molar-refractivity contribution in [2.75, 3.05) is 13.1 Å². The highest BCUT2D eigenvalue weighted by atomic mass is 19.4. The number of para-hydroxylation sites is 1. The minimum Gasteiger partial charge on any atom is -0.338 e. The molecule has 2 aliphatic rings. The molecule has 1 aromatic carbocycles. The topological polar surface area (TPSA) is 64.2 Å². The molecule has 0 bridgehead atoms. The van der Waals surface area contributed by atoms with Gasteiger partial charge in [-0.1, -0.05) is 18.2 Å². The second-order valence-electron chi connectivity index (χ2n) is 7.48. The molecule has 1 saturated carbocycles. The summed E-state index contributed by atoms with van der Waals surface area (Å²) < 4.78 is 42.4. The number of hydrogen-bond acceptors (Lipinski definition) is 3. The van der Waals surface area contributed by atoms with Crippen molar-refractivity contribution in [2.45, 2.75) is 32.0 Å². The smallest absolute Gasteiger partial charge is 0.338 e. The molecular weight excluding hydrogens is 357 g/mol. The summed E-state index contributed by atoms with van der Waals surface area (Å²) >= 11 is 0. The molecule has 1 aliphatic carbocycles. The zero-order valence-electron chi connectivity index (χ0n) is 14.9. The number of nitrogens with two attached hydrogens (primary N) is 1. The van der Waals surface area contributed by atoms with Crippen molar-refractivity contribution in [3.8, 4) is 5.69 Å². The van der Waals surface area contributed by atoms with Gasteiger partial charge in [0.05, 0.1) is 17.4 Å². The van der Waals surface area contributed by atoms with Crippen LogP contribution in [0.2, 0.25) is 0 Å². The average molecular weight is 378 g/mol. The van der Waals surface area contributed by atoms with Gasteiger partial charge in [-0.2, -0.15) is 18.3 Å². The molecule has 1 amide bonds. The third-order valence-corrected chi connectivity index (χ3v) is 5.81. The third kappa shape index (κ3) is 3.01. The van der Waals surface area contributed by atoms with Crippen LogP contribution in [0.1, 0.15) is 34.5 Å². The van der Waals surface area contributed by atoms with Crippen LogP contribution in [0.4, 0.5) is 13.2 Å². The number of carbonyl (C=O) groups is 1. The number of nitrogens with zero attached hydrogens (tertiary/aromatic N) is 3. The quantitative estimate of drug-likeness (QED) is 0.874. The first kappa shape index (κ1) is 18.0. The van der Waals surface area contributed by atoms with E-state index in [0.29, 0.717) is 24.3 Å². The van der Waals surface area contributed by atoms with E-state index in [1.807, 2.05) is 0 Å². The summed E-state index contributed by atoms with van der Waals surface area (Å²) in [7, 11) is 0. The molecule has 1 aromatic heterocycles. The molecule has 2 fully saturated rings. The van der Waals surface area contributed by atoms with E-state index in [-0.39, 0.29) is 17.9 Å². The van der Waals surface area contributed by atoms with Crippen molar-refractivity contribution < 1.29 is 18.0 Å². The first-order chi connectivity index (χ1) is 12.8. The Morgan fingerprint density at radius 2 is 1.96 bits per heavy atom. The molecule has 0 spiro atoms. The Morgan fingerprint density at radius 3 is 2.63 bits per heavy atom. The van der Waals surface area contributed by atoms with Gasteiger partial charge in [0.2, 0.25) is 0 Å². The number of amides is 1. The lowest BCUT2D eigenvalue weighted by Crippen LogP contribution is -2.34. The maximum absolute atomic E-state index is 13.8. The average Bonchev–Trinajstić information content (AvgIpc) is 3.30. The van der Waals surface area contributed by atoms with Crippen LogP contribution in [0.5, 0.6) is 0 Å². The monoisotopic (exact) mass is 378 g/mol. The molecule has 1 saturated heterocycles. The van der Waals surface area contributed by atoms with E-state index in [9.17, 15) is 18.0 Å². The van der Waals surface area contributed by atoms with Gasteiger partial charge in [0.15, 0.2) is 5.69 Å². The minimum atomic E-state index is -4.70. The van der Waals surface area contributed by atoms with Gasteiger partial charge >= 0.3 is 6.18 Å². The maximum atomic E-state index is 13.8. The van der Waals surface area contributed by atoms with Gasteiger partial charge in [-0.3, -0.25) is 4.79 Å². The molecule has 0 radical (unpaired) electrons. The van der Waals surface area contributed by atoms with Crippen LogP contribution in [0.25, 0.3) is 5.69 Å². The van der Waals surface area contributed by atoms with Crippen molar-refractivity contribution in [2.24, 2.45) is 17.6 Å². The highest BCUT2D eigenvalue weighted by Gasteiger charge is 2.46. The third-order valence-electron chi connectivity index (χ3n) is 5.81. The van der Waals surface area contributed by atoms with Crippen molar-refractivity contribution in [3.63, 3.8) is 0 Å². The van der Waals surface area contributed by atoms with Gasteiger partial charge in [-0.05, 0) is 43.2 Å². The highest BCUT2D eigenvalue weighted by molar-refractivity contribution is 5.95. The summed E-state index contributed by atoms with van der Waals surface area (Å²) in [6.07, 6.45) is -1.83. The lowest BCUT2D eigenvalue weighted by molar-refractivity contribution is -0.143. The number of hydrogen-bond donors (Lipinski definition) is 1. The Kier molecular flexibility index (Phi) is 4.25. The van der Waals surface area contributed by atoms with E-state index < -0.39 is 23.3 Å². The van der Waals surface area contributed by atoms with E-state index in [4.69, 9.17) is 5.73 Å². The molecule has 144 valence electrons. The Bertz CT molecular complexity index is 876. The number of aromatic nitrogens is 2. The fraction of sp³-hybridized carbons (Fsp3) is 0.474. The zero-order valence-corrected chi connectivity index (χ0v) is 14.9. The number of alkyl halides is 3. The Morgan fingerprint density at radius 1 is 1.22 bits per heavy atom. The Labute approximate surface area is 154 Å². The number of rotatable bonds is 2. The first-order valence-electron chi connectivity index (χ1n) is 9.03. The summed E-state index contributed by atoms with van der Waals surface area (Å²) in [6.45, 7) is 2.59. The second-order valence-corrected chi connectivity index (χ2v) is 7.48. The maximum Gasteiger partial charge on any atom is 0.434 e. The molecule has 27 heavy (non-hydrogen) atoms. The van der Waals surface area contributed by atoms with Crippen LogP contribution < -0.4 is 5.73 Å². The number of aryl methyl sites for hydroxylation is 1. The van der Waals surface area contributed by atoms with Gasteiger partial charge in [0, 0.05) is 19.1 Å². The van der Waals surface area contributed by atoms with Crippen LogP contribution in [0.3, 0.4) is 0 Å². The molecule has 1 aliphatic heterocycles. The van der Waals surface area contributed by atoms with Crippen LogP contribution in [0, 0.1) is 18.8 Å². The largest absolute Gasteiger partial charge is 0.434 e. The second kappa shape index (κ2) is 6.37. The Balaban J connectivity index is 1.72. The van der Waals surface area contributed by atoms with Gasteiger partial charge < -0.3 is 10.6 Å². The van der Waals surface area contributed by atoms with Gasteiger partial charge in [0.25, 0.3) is 5.91 Å². The van der Waals surface area contributed by atoms with Crippen LogP contribution in [-0.4, -0.2) is 39.7 Å². The van der Waals surface area contributed by atoms with Crippen LogP contribution in [0.15, 0.2) is 30.5 Å². The van der Waals surface area contributed by atoms with Crippen molar-refractivity contribution in [3.05, 3.63) is 47.3 Å². The van der Waals surface area contributed by atoms with E-state index in [1.54, 1.807) is 31.2 Å². The molecule has 3 unspecified atom stereocenters. The summed E-state index contributed by atoms with van der Waals surface area (Å²) in [5, 5.41) is 3.92. The van der Waals surface area contributed by atoms with E-state index in [0.717, 1.165) is 23.7 Å². The normalized spacial score (nSPS) is 25.1. The molecule has 4 rings (SSSR count). The van der Waals surface area contributed by atoms with Gasteiger partial charge in [0.1, 0.15) is 0 Å². The molecule has 5 nitrogen and oxygen atoms in total. The minimum absolute atomic E-state index is 0.0181.